The first-order valence-electron chi connectivity index (χ1n) is 17.7. The third kappa shape index (κ3) is 4.60. The molecule has 252 valence electrons. The van der Waals surface area contributed by atoms with Crippen LogP contribution in [0, 0.1) is 0 Å². The second-order valence-electron chi connectivity index (χ2n) is 16.1. The molecule has 0 bridgehead atoms. The minimum absolute atomic E-state index is 0.176. The molecule has 2 aromatic heterocycles. The maximum Gasteiger partial charge on any atom is 0.134 e. The fourth-order valence-electron chi connectivity index (χ4n) is 8.14. The van der Waals surface area contributed by atoms with Gasteiger partial charge in [-0.05, 0) is 149 Å². The Kier molecular flexibility index (Phi) is 6.87. The van der Waals surface area contributed by atoms with Crippen molar-refractivity contribution in [1.82, 2.24) is 9.97 Å². The van der Waals surface area contributed by atoms with Gasteiger partial charge >= 0.3 is 0 Å². The highest BCUT2D eigenvalue weighted by molar-refractivity contribution is 6.26. The summed E-state index contributed by atoms with van der Waals surface area (Å²) in [7, 11) is 0. The van der Waals surface area contributed by atoms with Crippen LogP contribution in [-0.2, 0) is 0 Å². The number of aromatic nitrogens is 2. The van der Waals surface area contributed by atoms with Crippen molar-refractivity contribution in [2.24, 2.45) is 9.98 Å². The van der Waals surface area contributed by atoms with Crippen LogP contribution >= 0.6 is 0 Å². The highest BCUT2D eigenvalue weighted by Crippen LogP contribution is 2.43. The molecule has 0 atom stereocenters. The Hall–Kier alpha value is -5.10. The van der Waals surface area contributed by atoms with Crippen molar-refractivity contribution >= 4 is 55.6 Å². The van der Waals surface area contributed by atoms with Crippen LogP contribution in [0.25, 0.3) is 54.6 Å². The van der Waals surface area contributed by atoms with Crippen LogP contribution in [0.3, 0.4) is 0 Å². The molecule has 0 spiro atoms. The number of fused-ring (bicyclic) bond motifs is 6. The lowest BCUT2D eigenvalue weighted by Gasteiger charge is -2.40. The molecule has 2 aliphatic rings. The summed E-state index contributed by atoms with van der Waals surface area (Å²) in [6, 6.07) is 31.1. The summed E-state index contributed by atoms with van der Waals surface area (Å²) in [5, 5.41) is 7.46. The summed E-state index contributed by atoms with van der Waals surface area (Å²) in [4.78, 5) is 24.3. The van der Waals surface area contributed by atoms with E-state index < -0.39 is 0 Å². The maximum atomic E-state index is 4.96. The predicted octanol–water partition coefficient (Wildman–Crippen LogP) is 10.9. The Balaban J connectivity index is 1.16. The second kappa shape index (κ2) is 10.7. The first-order valence-corrected chi connectivity index (χ1v) is 17.7. The van der Waals surface area contributed by atoms with E-state index in [4.69, 9.17) is 20.0 Å². The molecule has 6 aromatic rings. The second-order valence-corrected chi connectivity index (χ2v) is 16.1. The third-order valence-corrected chi connectivity index (χ3v) is 12.1. The van der Waals surface area contributed by atoms with Crippen molar-refractivity contribution in [2.75, 3.05) is 9.80 Å². The largest absolute Gasteiger partial charge is 0.307 e. The number of hydrogen-bond donors (Lipinski definition) is 0. The van der Waals surface area contributed by atoms with Gasteiger partial charge in [0.1, 0.15) is 23.3 Å². The van der Waals surface area contributed by atoms with Gasteiger partial charge in [-0.1, -0.05) is 48.5 Å². The van der Waals surface area contributed by atoms with Crippen molar-refractivity contribution in [1.29, 1.82) is 0 Å². The van der Waals surface area contributed by atoms with Crippen LogP contribution in [0.2, 0.25) is 0 Å². The van der Waals surface area contributed by atoms with E-state index in [1.807, 2.05) is 12.4 Å². The van der Waals surface area contributed by atoms with E-state index in [1.165, 1.54) is 32.3 Å². The fourth-order valence-corrected chi connectivity index (χ4v) is 8.14. The van der Waals surface area contributed by atoms with Crippen LogP contribution in [-0.4, -0.2) is 43.8 Å². The molecule has 0 fully saturated rings. The zero-order chi connectivity index (χ0) is 35.4. The standard InChI is InChI=1S/C44H46N6/c1-27-47-41(3,4)43(7,8)49(27)39-21-17-31(25-45-39)29-15-19-35-36-20-16-30(24-38(36)34-14-12-11-13-33(34)37(35)23-29)32-18-22-40(46-26-32)50-28(2)48-42(5,6)44(50,9)10/h11-26H,1-10H3. The first-order chi connectivity index (χ1) is 23.6. The summed E-state index contributed by atoms with van der Waals surface area (Å²) in [6.07, 6.45) is 4.00. The van der Waals surface area contributed by atoms with Gasteiger partial charge < -0.3 is 9.80 Å². The lowest BCUT2D eigenvalue weighted by molar-refractivity contribution is 0.337. The number of anilines is 2. The van der Waals surface area contributed by atoms with Gasteiger partial charge in [0.05, 0.1) is 22.2 Å². The molecular formula is C44H46N6. The van der Waals surface area contributed by atoms with Crippen molar-refractivity contribution in [3.63, 3.8) is 0 Å². The molecule has 4 heterocycles. The van der Waals surface area contributed by atoms with Crippen LogP contribution in [0.15, 0.2) is 107 Å². The summed E-state index contributed by atoms with van der Waals surface area (Å²) in [6.45, 7) is 21.9. The summed E-state index contributed by atoms with van der Waals surface area (Å²) in [5.74, 6) is 3.86. The minimum Gasteiger partial charge on any atom is -0.307 e. The number of hydrogen-bond acceptors (Lipinski definition) is 6. The molecular weight excluding hydrogens is 613 g/mol. The molecule has 0 unspecified atom stereocenters. The first kappa shape index (κ1) is 32.1. The predicted molar refractivity (Wildman–Crippen MR) is 213 cm³/mol. The average Bonchev–Trinajstić information content (AvgIpc) is 3.35. The van der Waals surface area contributed by atoms with Crippen LogP contribution in [0.5, 0.6) is 0 Å². The summed E-state index contributed by atoms with van der Waals surface area (Å²) >= 11 is 0. The van der Waals surface area contributed by atoms with E-state index >= 15 is 0 Å². The smallest absolute Gasteiger partial charge is 0.134 e. The van der Waals surface area contributed by atoms with E-state index in [0.717, 1.165) is 45.6 Å². The number of rotatable bonds is 4. The monoisotopic (exact) mass is 658 g/mol. The van der Waals surface area contributed by atoms with E-state index in [0.29, 0.717) is 0 Å². The van der Waals surface area contributed by atoms with Crippen molar-refractivity contribution < 1.29 is 0 Å². The molecule has 8 rings (SSSR count). The van der Waals surface area contributed by atoms with E-state index in [9.17, 15) is 0 Å². The van der Waals surface area contributed by atoms with Gasteiger partial charge in [-0.2, -0.15) is 0 Å². The molecule has 0 saturated carbocycles. The molecule has 0 radical (unpaired) electrons. The molecule has 4 aromatic carbocycles. The van der Waals surface area contributed by atoms with Crippen molar-refractivity contribution in [2.45, 2.75) is 91.4 Å². The summed E-state index contributed by atoms with van der Waals surface area (Å²) in [5.41, 5.74) is 3.76. The number of nitrogens with zero attached hydrogens (tertiary/aromatic N) is 6. The van der Waals surface area contributed by atoms with E-state index in [-0.39, 0.29) is 22.2 Å². The van der Waals surface area contributed by atoms with Gasteiger partial charge in [-0.15, -0.1) is 0 Å². The van der Waals surface area contributed by atoms with Crippen molar-refractivity contribution in [3.05, 3.63) is 97.3 Å². The number of pyridine rings is 2. The lowest BCUT2D eigenvalue weighted by Crippen LogP contribution is -2.53. The van der Waals surface area contributed by atoms with Gasteiger partial charge in [-0.3, -0.25) is 9.98 Å². The molecule has 2 aliphatic heterocycles. The van der Waals surface area contributed by atoms with E-state index in [1.54, 1.807) is 0 Å². The van der Waals surface area contributed by atoms with E-state index in [2.05, 4.69) is 164 Å². The maximum absolute atomic E-state index is 4.96. The average molecular weight is 659 g/mol. The van der Waals surface area contributed by atoms with Gasteiger partial charge in [0.25, 0.3) is 0 Å². The topological polar surface area (TPSA) is 57.0 Å². The Bertz CT molecular complexity index is 2210. The number of benzene rings is 4. The lowest BCUT2D eigenvalue weighted by atomic mass is 9.83. The fraction of sp³-hybridized carbons (Fsp3) is 0.318. The number of amidine groups is 2. The van der Waals surface area contributed by atoms with Crippen LogP contribution < -0.4 is 9.80 Å². The highest BCUT2D eigenvalue weighted by atomic mass is 15.4. The summed E-state index contributed by atoms with van der Waals surface area (Å²) < 4.78 is 0. The molecule has 6 nitrogen and oxygen atoms in total. The minimum atomic E-state index is -0.195. The highest BCUT2D eigenvalue weighted by Gasteiger charge is 2.49. The van der Waals surface area contributed by atoms with Crippen LogP contribution in [0.1, 0.15) is 69.2 Å². The Morgan fingerprint density at radius 2 is 0.780 bits per heavy atom. The normalized spacial score (nSPS) is 19.0. The van der Waals surface area contributed by atoms with Crippen molar-refractivity contribution in [3.8, 4) is 22.3 Å². The SMILES string of the molecule is CC1=NC(C)(C)C(C)(C)N1c1ccc(-c2ccc3c4ccc(-c5ccc(N6C(C)=NC(C)(C)C6(C)C)nc5)cc4c4ccccc4c3c2)cn1. The molecule has 50 heavy (non-hydrogen) atoms. The third-order valence-electron chi connectivity index (χ3n) is 12.1. The van der Waals surface area contributed by atoms with Gasteiger partial charge in [0, 0.05) is 23.5 Å². The molecule has 6 heteroatoms. The Labute approximate surface area is 295 Å². The molecule has 0 amide bonds. The molecule has 0 aliphatic carbocycles. The number of aliphatic imine (C=N–C) groups is 2. The zero-order valence-electron chi connectivity index (χ0n) is 30.9. The zero-order valence-corrected chi connectivity index (χ0v) is 30.9. The Morgan fingerprint density at radius 1 is 0.420 bits per heavy atom. The Morgan fingerprint density at radius 3 is 1.10 bits per heavy atom. The van der Waals surface area contributed by atoms with Gasteiger partial charge in [0.15, 0.2) is 0 Å². The quantitative estimate of drug-likeness (QED) is 0.177. The molecule has 0 saturated heterocycles. The van der Waals surface area contributed by atoms with Gasteiger partial charge in [-0.25, -0.2) is 9.97 Å². The van der Waals surface area contributed by atoms with Gasteiger partial charge in [0.2, 0.25) is 0 Å². The van der Waals surface area contributed by atoms with Crippen LogP contribution in [0.4, 0.5) is 11.6 Å². The molecule has 0 N–H and O–H groups in total.